The standard InChI is InChI=1S/C22H27F3N6O2S.C3H8.C2H6/c1-3-14(11-33-17(32)10-26)8-9-27-19-18(20-30-15-6-4-5-7-16(15)34-20)13(2)29-21(31-19)28-12-22(23,24)25;1-3-2;1-2/h4-7,14H,3,8-12,26H2,1-2H3,(H2,27,28,29,31);3H2,1-2H3;1-2H3. The van der Waals surface area contributed by atoms with E-state index in [2.05, 4.69) is 39.4 Å². The molecule has 0 fully saturated rings. The van der Waals surface area contributed by atoms with Crippen molar-refractivity contribution in [2.45, 2.75) is 67.0 Å². The van der Waals surface area contributed by atoms with Crippen molar-refractivity contribution in [2.24, 2.45) is 11.7 Å². The van der Waals surface area contributed by atoms with Crippen LogP contribution < -0.4 is 16.4 Å². The minimum Gasteiger partial charge on any atom is -0.464 e. The van der Waals surface area contributed by atoms with Crippen molar-refractivity contribution in [1.82, 2.24) is 15.0 Å². The van der Waals surface area contributed by atoms with E-state index < -0.39 is 18.7 Å². The van der Waals surface area contributed by atoms with Gasteiger partial charge in [0.2, 0.25) is 5.95 Å². The number of carbonyl (C=O) groups excluding carboxylic acids is 1. The molecule has 12 heteroatoms. The number of nitrogens with one attached hydrogen (secondary N) is 2. The monoisotopic (exact) mass is 570 g/mol. The van der Waals surface area contributed by atoms with E-state index in [0.717, 1.165) is 16.6 Å². The van der Waals surface area contributed by atoms with Crippen molar-refractivity contribution in [3.63, 3.8) is 0 Å². The normalized spacial score (nSPS) is 11.5. The molecule has 1 aromatic carbocycles. The molecule has 2 aromatic heterocycles. The largest absolute Gasteiger partial charge is 0.464 e. The Morgan fingerprint density at radius 2 is 1.77 bits per heavy atom. The Morgan fingerprint density at radius 1 is 1.10 bits per heavy atom. The number of aryl methyl sites for hydroxylation is 1. The smallest absolute Gasteiger partial charge is 0.405 e. The van der Waals surface area contributed by atoms with Gasteiger partial charge in [-0.05, 0) is 37.8 Å². The molecule has 1 atom stereocenters. The second-order valence-electron chi connectivity index (χ2n) is 8.40. The van der Waals surface area contributed by atoms with E-state index in [-0.39, 0.29) is 25.0 Å². The van der Waals surface area contributed by atoms with Gasteiger partial charge in [-0.2, -0.15) is 18.2 Å². The van der Waals surface area contributed by atoms with Gasteiger partial charge in [0, 0.05) is 6.54 Å². The molecule has 0 saturated carbocycles. The summed E-state index contributed by atoms with van der Waals surface area (Å²) in [5.41, 5.74) is 7.24. The van der Waals surface area contributed by atoms with Crippen molar-refractivity contribution in [1.29, 1.82) is 0 Å². The molecule has 0 aliphatic rings. The third-order valence-corrected chi connectivity index (χ3v) is 6.17. The van der Waals surface area contributed by atoms with E-state index in [4.69, 9.17) is 10.5 Å². The number of carbonyl (C=O) groups is 1. The van der Waals surface area contributed by atoms with E-state index in [1.165, 1.54) is 17.8 Å². The average Bonchev–Trinajstić information content (AvgIpc) is 3.34. The zero-order chi connectivity index (χ0) is 29.4. The Labute approximate surface area is 233 Å². The minimum absolute atomic E-state index is 0.0969. The first-order chi connectivity index (χ1) is 18.6. The van der Waals surface area contributed by atoms with Crippen molar-refractivity contribution < 1.29 is 22.7 Å². The van der Waals surface area contributed by atoms with E-state index in [1.807, 2.05) is 45.0 Å². The Kier molecular flexibility index (Phi) is 15.3. The SMILES string of the molecule is CC.CCC.CCC(CCNc1nc(NCC(F)(F)F)nc(C)c1-c1nc2ccccc2s1)COC(=O)CN. The van der Waals surface area contributed by atoms with Crippen LogP contribution in [0.4, 0.5) is 24.9 Å². The van der Waals surface area contributed by atoms with Crippen LogP contribution in [0.2, 0.25) is 0 Å². The Balaban J connectivity index is 0.00000142. The van der Waals surface area contributed by atoms with Crippen LogP contribution in [0, 0.1) is 12.8 Å². The number of ether oxygens (including phenoxy) is 1. The van der Waals surface area contributed by atoms with Gasteiger partial charge in [-0.15, -0.1) is 11.3 Å². The lowest BCUT2D eigenvalue weighted by Gasteiger charge is -2.18. The number of para-hydroxylation sites is 1. The fourth-order valence-corrected chi connectivity index (χ4v) is 4.33. The Bertz CT molecular complexity index is 1110. The first-order valence-electron chi connectivity index (χ1n) is 13.3. The summed E-state index contributed by atoms with van der Waals surface area (Å²) < 4.78 is 44.2. The fourth-order valence-electron chi connectivity index (χ4n) is 3.26. The first kappa shape index (κ1) is 34.0. The molecule has 0 bridgehead atoms. The van der Waals surface area contributed by atoms with Gasteiger partial charge < -0.3 is 21.1 Å². The summed E-state index contributed by atoms with van der Waals surface area (Å²) in [7, 11) is 0. The maximum atomic E-state index is 12.7. The number of hydrogen-bond acceptors (Lipinski definition) is 9. The predicted octanol–water partition coefficient (Wildman–Crippen LogP) is 6.81. The fraction of sp³-hybridized carbons (Fsp3) is 0.556. The van der Waals surface area contributed by atoms with Crippen LogP contribution >= 0.6 is 11.3 Å². The van der Waals surface area contributed by atoms with Gasteiger partial charge in [0.15, 0.2) is 0 Å². The number of hydrogen-bond donors (Lipinski definition) is 3. The van der Waals surface area contributed by atoms with Gasteiger partial charge in [0.05, 0.1) is 34.6 Å². The summed E-state index contributed by atoms with van der Waals surface area (Å²) in [5.74, 6) is -0.0906. The molecule has 0 amide bonds. The first-order valence-corrected chi connectivity index (χ1v) is 14.1. The summed E-state index contributed by atoms with van der Waals surface area (Å²) in [6, 6.07) is 7.65. The highest BCUT2D eigenvalue weighted by Crippen LogP contribution is 2.36. The van der Waals surface area contributed by atoms with E-state index >= 15 is 0 Å². The molecule has 0 aliphatic carbocycles. The third-order valence-electron chi connectivity index (χ3n) is 5.11. The zero-order valence-electron chi connectivity index (χ0n) is 23.6. The quantitative estimate of drug-likeness (QED) is 0.215. The molecular weight excluding hydrogens is 529 g/mol. The predicted molar refractivity (Wildman–Crippen MR) is 154 cm³/mol. The minimum atomic E-state index is -4.40. The summed E-state index contributed by atoms with van der Waals surface area (Å²) in [5, 5.41) is 6.15. The average molecular weight is 571 g/mol. The molecule has 4 N–H and O–H groups in total. The van der Waals surface area contributed by atoms with Gasteiger partial charge in [-0.1, -0.05) is 53.2 Å². The molecule has 3 aromatic rings. The molecule has 0 aliphatic heterocycles. The maximum Gasteiger partial charge on any atom is 0.405 e. The van der Waals surface area contributed by atoms with E-state index in [9.17, 15) is 18.0 Å². The highest BCUT2D eigenvalue weighted by Gasteiger charge is 2.27. The number of thiazole rings is 1. The van der Waals surface area contributed by atoms with E-state index in [1.54, 1.807) is 6.92 Å². The lowest BCUT2D eigenvalue weighted by atomic mass is 10.0. The Morgan fingerprint density at radius 3 is 2.36 bits per heavy atom. The van der Waals surface area contributed by atoms with Crippen molar-refractivity contribution in [3.8, 4) is 10.6 Å². The molecule has 218 valence electrons. The van der Waals surface area contributed by atoms with Crippen LogP contribution in [0.15, 0.2) is 24.3 Å². The highest BCUT2D eigenvalue weighted by atomic mass is 32.1. The second kappa shape index (κ2) is 17.6. The van der Waals surface area contributed by atoms with Gasteiger partial charge >= 0.3 is 12.1 Å². The van der Waals surface area contributed by atoms with Gasteiger partial charge in [0.1, 0.15) is 17.4 Å². The van der Waals surface area contributed by atoms with Gasteiger partial charge in [-0.25, -0.2) is 9.97 Å². The second-order valence-corrected chi connectivity index (χ2v) is 9.43. The Hall–Kier alpha value is -2.99. The molecule has 1 unspecified atom stereocenters. The van der Waals surface area contributed by atoms with Gasteiger partial charge in [0.25, 0.3) is 0 Å². The molecule has 39 heavy (non-hydrogen) atoms. The summed E-state index contributed by atoms with van der Waals surface area (Å²) in [4.78, 5) is 24.6. The molecule has 0 radical (unpaired) electrons. The molecule has 3 rings (SSSR count). The van der Waals surface area contributed by atoms with E-state index in [0.29, 0.717) is 35.0 Å². The summed E-state index contributed by atoms with van der Waals surface area (Å²) >= 11 is 1.46. The molecular formula is C27H41F3N6O2S. The van der Waals surface area contributed by atoms with Crippen LogP contribution in [0.3, 0.4) is 0 Å². The molecule has 0 spiro atoms. The lowest BCUT2D eigenvalue weighted by Crippen LogP contribution is -2.23. The van der Waals surface area contributed by atoms with Crippen molar-refractivity contribution in [2.75, 3.05) is 36.9 Å². The van der Waals surface area contributed by atoms with Crippen molar-refractivity contribution in [3.05, 3.63) is 30.0 Å². The number of esters is 1. The molecule has 8 nitrogen and oxygen atoms in total. The topological polar surface area (TPSA) is 115 Å². The number of fused-ring (bicyclic) bond motifs is 1. The summed E-state index contributed by atoms with van der Waals surface area (Å²) in [6.45, 7) is 11.3. The number of benzene rings is 1. The van der Waals surface area contributed by atoms with Crippen LogP contribution in [0.25, 0.3) is 20.8 Å². The maximum absolute atomic E-state index is 12.7. The zero-order valence-corrected chi connectivity index (χ0v) is 24.4. The van der Waals surface area contributed by atoms with Crippen LogP contribution in [0.1, 0.15) is 59.6 Å². The van der Waals surface area contributed by atoms with Crippen LogP contribution in [-0.4, -0.2) is 53.3 Å². The number of alkyl halides is 3. The van der Waals surface area contributed by atoms with Crippen molar-refractivity contribution >= 4 is 39.3 Å². The number of anilines is 2. The molecule has 2 heterocycles. The van der Waals surface area contributed by atoms with Gasteiger partial charge in [-0.3, -0.25) is 4.79 Å². The number of halogens is 3. The number of nitrogens with zero attached hydrogens (tertiary/aromatic N) is 3. The number of rotatable bonds is 11. The van der Waals surface area contributed by atoms with Crippen LogP contribution in [0.5, 0.6) is 0 Å². The molecule has 0 saturated heterocycles. The lowest BCUT2D eigenvalue weighted by molar-refractivity contribution is -0.143. The third kappa shape index (κ3) is 11.7. The van der Waals surface area contributed by atoms with Crippen LogP contribution in [-0.2, 0) is 9.53 Å². The number of nitrogens with two attached hydrogens (primary N) is 1. The highest BCUT2D eigenvalue weighted by molar-refractivity contribution is 7.21. The summed E-state index contributed by atoms with van der Waals surface area (Å²) in [6.07, 6.45) is -1.71. The number of aromatic nitrogens is 3.